The fourth-order valence-electron chi connectivity index (χ4n) is 1.37. The van der Waals surface area contributed by atoms with Crippen LogP contribution in [0.2, 0.25) is 0 Å². The molecule has 4 nitrogen and oxygen atoms in total. The summed E-state index contributed by atoms with van der Waals surface area (Å²) in [7, 11) is 2.43. The average Bonchev–Trinajstić information content (AvgIpc) is 2.32. The Bertz CT molecular complexity index is 423. The molecule has 1 aromatic rings. The molecule has 1 aromatic carbocycles. The van der Waals surface area contributed by atoms with Crippen LogP contribution in [0, 0.1) is 11.6 Å². The Kier molecular flexibility index (Phi) is 4.39. The maximum Gasteiger partial charge on any atom is 0.322 e. The molecule has 1 atom stereocenters. The molecule has 0 aliphatic carbocycles. The predicted octanol–water partition coefficient (Wildman–Crippen LogP) is 1.02. The highest BCUT2D eigenvalue weighted by molar-refractivity contribution is 5.75. The molecule has 1 rings (SSSR count). The Hall–Kier alpha value is -1.69. The molecule has 0 amide bonds. The summed E-state index contributed by atoms with van der Waals surface area (Å²) in [5.74, 6) is -2.95. The highest BCUT2D eigenvalue weighted by Gasteiger charge is 2.17. The Morgan fingerprint density at radius 1 is 1.41 bits per heavy atom. The second kappa shape index (κ2) is 5.58. The number of esters is 1. The van der Waals surface area contributed by atoms with Gasteiger partial charge in [0.1, 0.15) is 6.04 Å². The standard InChI is InChI=1S/C11H13F2NO3/c1-16-9-5-6(3-7(12)10(9)13)4-8(14)11(15)17-2/h3,5,8H,4,14H2,1-2H3/t8-/m0/s1. The van der Waals surface area contributed by atoms with E-state index in [-0.39, 0.29) is 12.2 Å². The number of halogens is 2. The molecule has 0 fully saturated rings. The van der Waals surface area contributed by atoms with Crippen molar-refractivity contribution in [3.63, 3.8) is 0 Å². The van der Waals surface area contributed by atoms with Crippen LogP contribution in [0.3, 0.4) is 0 Å². The van der Waals surface area contributed by atoms with Crippen molar-refractivity contribution in [1.82, 2.24) is 0 Å². The number of benzene rings is 1. The van der Waals surface area contributed by atoms with E-state index in [0.717, 1.165) is 6.07 Å². The van der Waals surface area contributed by atoms with Crippen LogP contribution in [0.5, 0.6) is 5.75 Å². The summed E-state index contributed by atoms with van der Waals surface area (Å²) in [4.78, 5) is 11.1. The van der Waals surface area contributed by atoms with Crippen molar-refractivity contribution in [2.45, 2.75) is 12.5 Å². The van der Waals surface area contributed by atoms with E-state index in [1.165, 1.54) is 20.3 Å². The maximum atomic E-state index is 13.1. The molecule has 6 heteroatoms. The average molecular weight is 245 g/mol. The fraction of sp³-hybridized carbons (Fsp3) is 0.364. The Morgan fingerprint density at radius 3 is 2.59 bits per heavy atom. The summed E-state index contributed by atoms with van der Waals surface area (Å²) >= 11 is 0. The number of carbonyl (C=O) groups is 1. The van der Waals surface area contributed by atoms with Crippen molar-refractivity contribution in [2.24, 2.45) is 5.73 Å². The largest absolute Gasteiger partial charge is 0.494 e. The number of methoxy groups -OCH3 is 2. The highest BCUT2D eigenvalue weighted by atomic mass is 19.2. The van der Waals surface area contributed by atoms with E-state index in [1.807, 2.05) is 0 Å². The fourth-order valence-corrected chi connectivity index (χ4v) is 1.37. The number of hydrogen-bond donors (Lipinski definition) is 1. The van der Waals surface area contributed by atoms with E-state index in [1.54, 1.807) is 0 Å². The maximum absolute atomic E-state index is 13.1. The molecule has 17 heavy (non-hydrogen) atoms. The van der Waals surface area contributed by atoms with Crippen LogP contribution in [0.25, 0.3) is 0 Å². The predicted molar refractivity (Wildman–Crippen MR) is 56.6 cm³/mol. The molecule has 0 saturated heterocycles. The van der Waals surface area contributed by atoms with Crippen molar-refractivity contribution in [3.05, 3.63) is 29.3 Å². The van der Waals surface area contributed by atoms with E-state index in [4.69, 9.17) is 5.73 Å². The third-order valence-corrected chi connectivity index (χ3v) is 2.23. The van der Waals surface area contributed by atoms with E-state index in [0.29, 0.717) is 5.56 Å². The number of carbonyl (C=O) groups excluding carboxylic acids is 1. The van der Waals surface area contributed by atoms with Crippen LogP contribution in [0.4, 0.5) is 8.78 Å². The lowest BCUT2D eigenvalue weighted by atomic mass is 10.1. The van der Waals surface area contributed by atoms with Crippen LogP contribution in [-0.2, 0) is 16.0 Å². The molecule has 0 radical (unpaired) electrons. The zero-order valence-electron chi connectivity index (χ0n) is 9.50. The van der Waals surface area contributed by atoms with Crippen LogP contribution >= 0.6 is 0 Å². The number of nitrogens with two attached hydrogens (primary N) is 1. The summed E-state index contributed by atoms with van der Waals surface area (Å²) in [5.41, 5.74) is 5.87. The van der Waals surface area contributed by atoms with Gasteiger partial charge in [-0.1, -0.05) is 0 Å². The second-order valence-electron chi connectivity index (χ2n) is 3.43. The van der Waals surface area contributed by atoms with Crippen molar-refractivity contribution < 1.29 is 23.0 Å². The molecule has 0 unspecified atom stereocenters. The van der Waals surface area contributed by atoms with Gasteiger partial charge in [0.05, 0.1) is 14.2 Å². The molecule has 2 N–H and O–H groups in total. The molecule has 0 bridgehead atoms. The van der Waals surface area contributed by atoms with Gasteiger partial charge in [-0.05, 0) is 24.1 Å². The zero-order chi connectivity index (χ0) is 13.0. The van der Waals surface area contributed by atoms with E-state index in [2.05, 4.69) is 9.47 Å². The monoisotopic (exact) mass is 245 g/mol. The first kappa shape index (κ1) is 13.4. The number of rotatable bonds is 4. The van der Waals surface area contributed by atoms with Gasteiger partial charge in [-0.15, -0.1) is 0 Å². The lowest BCUT2D eigenvalue weighted by molar-refractivity contribution is -0.142. The van der Waals surface area contributed by atoms with Gasteiger partial charge < -0.3 is 15.2 Å². The first-order chi connectivity index (χ1) is 7.99. The van der Waals surface area contributed by atoms with Crippen LogP contribution in [0.15, 0.2) is 12.1 Å². The van der Waals surface area contributed by atoms with Gasteiger partial charge in [-0.3, -0.25) is 4.79 Å². The summed E-state index contributed by atoms with van der Waals surface area (Å²) in [6, 6.07) is 1.34. The molecule has 0 aromatic heterocycles. The minimum absolute atomic E-state index is 0.0419. The van der Waals surface area contributed by atoms with Crippen LogP contribution < -0.4 is 10.5 Å². The van der Waals surface area contributed by atoms with Crippen LogP contribution in [0.1, 0.15) is 5.56 Å². The lowest BCUT2D eigenvalue weighted by Crippen LogP contribution is -2.33. The molecule has 0 aliphatic rings. The summed E-state index contributed by atoms with van der Waals surface area (Å²) in [5, 5.41) is 0. The third-order valence-electron chi connectivity index (χ3n) is 2.23. The Balaban J connectivity index is 2.92. The molecule has 0 aliphatic heterocycles. The van der Waals surface area contributed by atoms with Gasteiger partial charge in [0.15, 0.2) is 11.6 Å². The van der Waals surface area contributed by atoms with Crippen molar-refractivity contribution in [1.29, 1.82) is 0 Å². The smallest absolute Gasteiger partial charge is 0.322 e. The number of hydrogen-bond acceptors (Lipinski definition) is 4. The normalized spacial score (nSPS) is 12.1. The quantitative estimate of drug-likeness (QED) is 0.804. The molecule has 94 valence electrons. The minimum atomic E-state index is -1.07. The highest BCUT2D eigenvalue weighted by Crippen LogP contribution is 2.22. The van der Waals surface area contributed by atoms with E-state index < -0.39 is 23.6 Å². The lowest BCUT2D eigenvalue weighted by Gasteiger charge is -2.11. The molecule has 0 saturated carbocycles. The van der Waals surface area contributed by atoms with Gasteiger partial charge in [-0.2, -0.15) is 4.39 Å². The Morgan fingerprint density at radius 2 is 2.06 bits per heavy atom. The molecule has 0 heterocycles. The topological polar surface area (TPSA) is 61.5 Å². The van der Waals surface area contributed by atoms with Gasteiger partial charge in [0.2, 0.25) is 5.82 Å². The van der Waals surface area contributed by atoms with Gasteiger partial charge in [-0.25, -0.2) is 4.39 Å². The van der Waals surface area contributed by atoms with Crippen molar-refractivity contribution >= 4 is 5.97 Å². The summed E-state index contributed by atoms with van der Waals surface area (Å²) in [6.45, 7) is 0. The molecule has 0 spiro atoms. The summed E-state index contributed by atoms with van der Waals surface area (Å²) < 4.78 is 35.4. The second-order valence-corrected chi connectivity index (χ2v) is 3.43. The van der Waals surface area contributed by atoms with Gasteiger partial charge in [0.25, 0.3) is 0 Å². The molecular formula is C11H13F2NO3. The van der Waals surface area contributed by atoms with Gasteiger partial charge in [0, 0.05) is 0 Å². The van der Waals surface area contributed by atoms with Crippen molar-refractivity contribution in [2.75, 3.05) is 14.2 Å². The summed E-state index contributed by atoms with van der Waals surface area (Å²) in [6.07, 6.45) is 0.0419. The van der Waals surface area contributed by atoms with Crippen molar-refractivity contribution in [3.8, 4) is 5.75 Å². The van der Waals surface area contributed by atoms with E-state index >= 15 is 0 Å². The third kappa shape index (κ3) is 3.13. The van der Waals surface area contributed by atoms with E-state index in [9.17, 15) is 13.6 Å². The van der Waals surface area contributed by atoms with Crippen LogP contribution in [-0.4, -0.2) is 26.2 Å². The van der Waals surface area contributed by atoms with Gasteiger partial charge >= 0.3 is 5.97 Å². The minimum Gasteiger partial charge on any atom is -0.494 e. The SMILES string of the molecule is COC(=O)[C@@H](N)Cc1cc(F)c(F)c(OC)c1. The zero-order valence-corrected chi connectivity index (χ0v) is 9.50. The number of ether oxygens (including phenoxy) is 2. The first-order valence-corrected chi connectivity index (χ1v) is 4.85. The Labute approximate surface area is 97.3 Å². The molecular weight excluding hydrogens is 232 g/mol. The first-order valence-electron chi connectivity index (χ1n) is 4.85.